The minimum Gasteiger partial charge on any atom is -0.370 e. The molecule has 0 radical (unpaired) electrons. The van der Waals surface area contributed by atoms with Gasteiger partial charge in [-0.05, 0) is 33.1 Å². The lowest BCUT2D eigenvalue weighted by Crippen LogP contribution is -2.11. The van der Waals surface area contributed by atoms with Crippen LogP contribution in [0.2, 0.25) is 0 Å². The topological polar surface area (TPSA) is 37.8 Å². The van der Waals surface area contributed by atoms with Crippen molar-refractivity contribution in [2.45, 2.75) is 58.8 Å². The Morgan fingerprint density at radius 1 is 1.18 bits per heavy atom. The highest BCUT2D eigenvalue weighted by atomic mass is 15.0. The van der Waals surface area contributed by atoms with Gasteiger partial charge < -0.3 is 5.32 Å². The summed E-state index contributed by atoms with van der Waals surface area (Å²) >= 11 is 0. The van der Waals surface area contributed by atoms with Crippen LogP contribution in [0.25, 0.3) is 0 Å². The molecule has 1 N–H and O–H groups in total. The molecule has 2 rings (SSSR count). The number of aromatic nitrogens is 2. The van der Waals surface area contributed by atoms with Gasteiger partial charge in [-0.2, -0.15) is 0 Å². The lowest BCUT2D eigenvalue weighted by molar-refractivity contribution is 0.660. The fourth-order valence-electron chi connectivity index (χ4n) is 2.63. The molecule has 0 saturated heterocycles. The van der Waals surface area contributed by atoms with Crippen LogP contribution in [-0.4, -0.2) is 16.5 Å². The van der Waals surface area contributed by atoms with Gasteiger partial charge in [0.25, 0.3) is 0 Å². The van der Waals surface area contributed by atoms with Gasteiger partial charge in [-0.3, -0.25) is 0 Å². The Kier molecular flexibility index (Phi) is 3.97. The Balaban J connectivity index is 2.35. The molecule has 3 nitrogen and oxygen atoms in total. The van der Waals surface area contributed by atoms with E-state index >= 15 is 0 Å². The highest BCUT2D eigenvalue weighted by molar-refractivity contribution is 5.46. The average molecular weight is 233 g/mol. The molecule has 1 saturated carbocycles. The molecule has 1 aliphatic carbocycles. The molecular formula is C14H23N3. The minimum atomic E-state index is 0.596. The zero-order valence-electron chi connectivity index (χ0n) is 11.2. The van der Waals surface area contributed by atoms with E-state index in [0.717, 1.165) is 24.6 Å². The van der Waals surface area contributed by atoms with Crippen molar-refractivity contribution in [3.05, 3.63) is 17.1 Å². The van der Waals surface area contributed by atoms with Gasteiger partial charge in [0, 0.05) is 23.7 Å². The third kappa shape index (κ3) is 2.59. The van der Waals surface area contributed by atoms with Crippen molar-refractivity contribution in [2.24, 2.45) is 0 Å². The molecule has 0 atom stereocenters. The smallest absolute Gasteiger partial charge is 0.134 e. The van der Waals surface area contributed by atoms with E-state index in [-0.39, 0.29) is 0 Å². The number of aryl methyl sites for hydroxylation is 1. The number of nitrogens with zero attached hydrogens (tertiary/aromatic N) is 2. The van der Waals surface area contributed by atoms with Gasteiger partial charge in [-0.1, -0.05) is 19.8 Å². The predicted octanol–water partition coefficient (Wildman–Crippen LogP) is 3.44. The Labute approximate surface area is 104 Å². The van der Waals surface area contributed by atoms with Crippen molar-refractivity contribution in [3.8, 4) is 0 Å². The number of hydrogen-bond acceptors (Lipinski definition) is 3. The van der Waals surface area contributed by atoms with Crippen LogP contribution >= 0.6 is 0 Å². The van der Waals surface area contributed by atoms with Gasteiger partial charge in [0.15, 0.2) is 0 Å². The van der Waals surface area contributed by atoms with Crippen LogP contribution in [0.15, 0.2) is 0 Å². The minimum absolute atomic E-state index is 0.596. The summed E-state index contributed by atoms with van der Waals surface area (Å²) in [4.78, 5) is 9.49. The Morgan fingerprint density at radius 3 is 2.47 bits per heavy atom. The highest BCUT2D eigenvalue weighted by Gasteiger charge is 2.21. The SMILES string of the molecule is CCNc1nc(C2CCCC2)nc(CC)c1C. The zero-order chi connectivity index (χ0) is 12.3. The molecule has 17 heavy (non-hydrogen) atoms. The second-order valence-electron chi connectivity index (χ2n) is 4.87. The number of rotatable bonds is 4. The van der Waals surface area contributed by atoms with Gasteiger partial charge in [0.2, 0.25) is 0 Å². The number of anilines is 1. The van der Waals surface area contributed by atoms with E-state index in [0.29, 0.717) is 5.92 Å². The average Bonchev–Trinajstić information content (AvgIpc) is 2.85. The van der Waals surface area contributed by atoms with Crippen molar-refractivity contribution in [2.75, 3.05) is 11.9 Å². The lowest BCUT2D eigenvalue weighted by Gasteiger charge is -2.15. The second kappa shape index (κ2) is 5.48. The molecule has 0 bridgehead atoms. The first-order valence-corrected chi connectivity index (χ1v) is 6.87. The molecule has 94 valence electrons. The van der Waals surface area contributed by atoms with Gasteiger partial charge in [0.05, 0.1) is 0 Å². The van der Waals surface area contributed by atoms with E-state index in [1.54, 1.807) is 0 Å². The van der Waals surface area contributed by atoms with Crippen molar-refractivity contribution >= 4 is 5.82 Å². The van der Waals surface area contributed by atoms with E-state index in [9.17, 15) is 0 Å². The predicted molar refractivity (Wildman–Crippen MR) is 71.5 cm³/mol. The van der Waals surface area contributed by atoms with Gasteiger partial charge in [-0.15, -0.1) is 0 Å². The van der Waals surface area contributed by atoms with Gasteiger partial charge in [-0.25, -0.2) is 9.97 Å². The number of nitrogens with one attached hydrogen (secondary N) is 1. The Morgan fingerprint density at radius 2 is 1.88 bits per heavy atom. The summed E-state index contributed by atoms with van der Waals surface area (Å²) in [5, 5.41) is 3.36. The van der Waals surface area contributed by atoms with Crippen molar-refractivity contribution < 1.29 is 0 Å². The first kappa shape index (κ1) is 12.3. The van der Waals surface area contributed by atoms with Crippen molar-refractivity contribution in [1.29, 1.82) is 0 Å². The summed E-state index contributed by atoms with van der Waals surface area (Å²) in [5.74, 6) is 2.71. The molecule has 3 heteroatoms. The summed E-state index contributed by atoms with van der Waals surface area (Å²) in [5.41, 5.74) is 2.42. The quantitative estimate of drug-likeness (QED) is 0.865. The summed E-state index contributed by atoms with van der Waals surface area (Å²) in [7, 11) is 0. The van der Waals surface area contributed by atoms with Crippen LogP contribution < -0.4 is 5.32 Å². The summed E-state index contributed by atoms with van der Waals surface area (Å²) in [6.07, 6.45) is 6.18. The molecule has 1 aliphatic rings. The standard InChI is InChI=1S/C14H23N3/c1-4-12-10(3)13(15-5-2)17-14(16-12)11-8-6-7-9-11/h11H,4-9H2,1-3H3,(H,15,16,17). The molecule has 1 heterocycles. The third-order valence-corrected chi connectivity index (χ3v) is 3.66. The molecular weight excluding hydrogens is 210 g/mol. The monoisotopic (exact) mass is 233 g/mol. The van der Waals surface area contributed by atoms with Crippen molar-refractivity contribution in [3.63, 3.8) is 0 Å². The van der Waals surface area contributed by atoms with Crippen LogP contribution in [0, 0.1) is 6.92 Å². The van der Waals surface area contributed by atoms with Crippen molar-refractivity contribution in [1.82, 2.24) is 9.97 Å². The first-order chi connectivity index (χ1) is 8.26. The van der Waals surface area contributed by atoms with Crippen LogP contribution in [0.3, 0.4) is 0 Å². The van der Waals surface area contributed by atoms with Crippen LogP contribution in [0.1, 0.15) is 62.5 Å². The lowest BCUT2D eigenvalue weighted by atomic mass is 10.1. The van der Waals surface area contributed by atoms with E-state index in [2.05, 4.69) is 26.1 Å². The van der Waals surface area contributed by atoms with E-state index in [4.69, 9.17) is 9.97 Å². The maximum atomic E-state index is 4.76. The summed E-state index contributed by atoms with van der Waals surface area (Å²) < 4.78 is 0. The normalized spacial score (nSPS) is 16.4. The summed E-state index contributed by atoms with van der Waals surface area (Å²) in [6, 6.07) is 0. The van der Waals surface area contributed by atoms with Crippen LogP contribution in [0.4, 0.5) is 5.82 Å². The largest absolute Gasteiger partial charge is 0.370 e. The van der Waals surface area contributed by atoms with Crippen LogP contribution in [-0.2, 0) is 6.42 Å². The highest BCUT2D eigenvalue weighted by Crippen LogP contribution is 2.33. The fraction of sp³-hybridized carbons (Fsp3) is 0.714. The molecule has 1 aromatic rings. The Bertz CT molecular complexity index is 381. The van der Waals surface area contributed by atoms with E-state index in [1.807, 2.05) is 0 Å². The van der Waals surface area contributed by atoms with Crippen LogP contribution in [0.5, 0.6) is 0 Å². The second-order valence-corrected chi connectivity index (χ2v) is 4.87. The molecule has 0 spiro atoms. The first-order valence-electron chi connectivity index (χ1n) is 6.87. The summed E-state index contributed by atoms with van der Waals surface area (Å²) in [6.45, 7) is 7.33. The maximum Gasteiger partial charge on any atom is 0.134 e. The van der Waals surface area contributed by atoms with Gasteiger partial charge >= 0.3 is 0 Å². The molecule has 0 unspecified atom stereocenters. The zero-order valence-corrected chi connectivity index (χ0v) is 11.2. The maximum absolute atomic E-state index is 4.76. The van der Waals surface area contributed by atoms with E-state index in [1.165, 1.54) is 36.9 Å². The molecule has 1 aromatic heterocycles. The number of hydrogen-bond donors (Lipinski definition) is 1. The molecule has 0 amide bonds. The fourth-order valence-corrected chi connectivity index (χ4v) is 2.63. The Hall–Kier alpha value is -1.12. The molecule has 0 aromatic carbocycles. The van der Waals surface area contributed by atoms with E-state index < -0.39 is 0 Å². The molecule has 1 fully saturated rings. The van der Waals surface area contributed by atoms with Gasteiger partial charge in [0.1, 0.15) is 11.6 Å². The molecule has 0 aliphatic heterocycles. The third-order valence-electron chi connectivity index (χ3n) is 3.66.